The van der Waals surface area contributed by atoms with Gasteiger partial charge in [-0.1, -0.05) is 47.8 Å². The van der Waals surface area contributed by atoms with Crippen molar-refractivity contribution in [3.05, 3.63) is 24.3 Å². The molecule has 28 heteroatoms. The summed E-state index contributed by atoms with van der Waals surface area (Å²) in [7, 11) is -15.4. The number of methoxy groups -OCH3 is 1. The molecule has 95 heavy (non-hydrogen) atoms. The summed E-state index contributed by atoms with van der Waals surface area (Å²) in [4.78, 5) is 80.2. The van der Waals surface area contributed by atoms with Gasteiger partial charge in [0.2, 0.25) is 0 Å². The zero-order chi connectivity index (χ0) is 76.5. The molecule has 0 amide bonds. The summed E-state index contributed by atoms with van der Waals surface area (Å²) < 4.78 is 75.0. The van der Waals surface area contributed by atoms with Crippen LogP contribution in [0.2, 0.25) is 130 Å². The van der Waals surface area contributed by atoms with E-state index in [-0.39, 0.29) is 61.7 Å². The standard InChI is InChI=1S/2C18H44O5Si4.2C12H20O4.C7H14O2/c2*1-13-18(2,3)17(19)20-15-14-16-27(21-24(4,5)6,22-25(7,8)9)23-26(10,11)12;2*1-6-12(4,5)11(14)16-8-7-15-10(13)9(2)3;1-5-7(2,3)6(8)9-4/h2*13-16H2,1-12H3;2*2,6-8H2,1,3-5H3;5H2,1-4H3. The highest BCUT2D eigenvalue weighted by Gasteiger charge is 2.51. The van der Waals surface area contributed by atoms with Crippen LogP contribution < -0.4 is 0 Å². The lowest BCUT2D eigenvalue weighted by atomic mass is 9.91. The third-order valence-corrected chi connectivity index (χ3v) is 37.7. The zero-order valence-corrected chi connectivity index (χ0v) is 75.2. The minimum absolute atomic E-state index is 0.0667. The maximum Gasteiger partial charge on any atom is 0.469 e. The van der Waals surface area contributed by atoms with Crippen LogP contribution in [0.15, 0.2) is 24.3 Å². The second kappa shape index (κ2) is 43.8. The first kappa shape index (κ1) is 101. The van der Waals surface area contributed by atoms with Crippen LogP contribution in [-0.4, -0.2) is 156 Å². The van der Waals surface area contributed by atoms with Gasteiger partial charge in [0.05, 0.1) is 47.4 Å². The normalized spacial score (nSPS) is 12.8. The Hall–Kier alpha value is -2.73. The van der Waals surface area contributed by atoms with Crippen molar-refractivity contribution in [1.29, 1.82) is 0 Å². The van der Waals surface area contributed by atoms with E-state index in [1.807, 2.05) is 104 Å². The van der Waals surface area contributed by atoms with E-state index >= 15 is 0 Å². The van der Waals surface area contributed by atoms with Gasteiger partial charge in [-0.2, -0.15) is 0 Å². The van der Waals surface area contributed by atoms with Gasteiger partial charge in [0.1, 0.15) is 26.4 Å². The maximum atomic E-state index is 12.2. The summed E-state index contributed by atoms with van der Waals surface area (Å²) in [6.07, 6.45) is 5.17. The van der Waals surface area contributed by atoms with Crippen molar-refractivity contribution in [3.8, 4) is 0 Å². The highest BCUT2D eigenvalue weighted by Crippen LogP contribution is 2.33. The Labute approximate surface area is 588 Å². The highest BCUT2D eigenvalue weighted by molar-refractivity contribution is 6.91. The van der Waals surface area contributed by atoms with Gasteiger partial charge in [-0.15, -0.1) is 0 Å². The fraction of sp³-hybridized carbons (Fsp3) is 0.836. The van der Waals surface area contributed by atoms with Crippen LogP contribution in [0.5, 0.6) is 0 Å². The van der Waals surface area contributed by atoms with E-state index in [4.69, 9.17) is 53.1 Å². The van der Waals surface area contributed by atoms with Gasteiger partial charge in [-0.3, -0.25) is 24.0 Å². The summed E-state index contributed by atoms with van der Waals surface area (Å²) in [5, 5.41) is 0. The summed E-state index contributed by atoms with van der Waals surface area (Å²) >= 11 is 0. The van der Waals surface area contributed by atoms with Crippen LogP contribution in [0.4, 0.5) is 0 Å². The second-order valence-corrected chi connectivity index (χ2v) is 66.9. The van der Waals surface area contributed by atoms with E-state index in [9.17, 15) is 33.6 Å². The number of carbonyl (C=O) groups is 7. The average molecular weight is 1490 g/mol. The van der Waals surface area contributed by atoms with E-state index in [1.165, 1.54) is 7.11 Å². The molecule has 0 aliphatic carbocycles. The molecular formula is C67H142O20Si8. The molecule has 0 aliphatic heterocycles. The molecule has 0 aromatic carbocycles. The molecular weight excluding hydrogens is 1350 g/mol. The average Bonchev–Trinajstić information content (AvgIpc) is 0.813. The molecule has 0 unspecified atom stereocenters. The van der Waals surface area contributed by atoms with Crippen LogP contribution in [0.1, 0.15) is 163 Å². The smallest absolute Gasteiger partial charge is 0.469 e. The van der Waals surface area contributed by atoms with Crippen molar-refractivity contribution in [1.82, 2.24) is 0 Å². The molecule has 0 radical (unpaired) electrons. The van der Waals surface area contributed by atoms with Crippen molar-refractivity contribution in [3.63, 3.8) is 0 Å². The Morgan fingerprint density at radius 1 is 0.295 bits per heavy atom. The van der Waals surface area contributed by atoms with Crippen LogP contribution >= 0.6 is 0 Å². The molecule has 0 heterocycles. The van der Waals surface area contributed by atoms with Gasteiger partial charge in [-0.25, -0.2) is 9.59 Å². The van der Waals surface area contributed by atoms with E-state index in [1.54, 1.807) is 13.8 Å². The van der Waals surface area contributed by atoms with Gasteiger partial charge in [-0.05, 0) is 246 Å². The number of carbonyl (C=O) groups excluding carboxylic acids is 7. The number of esters is 7. The molecule has 0 bridgehead atoms. The molecule has 0 saturated heterocycles. The van der Waals surface area contributed by atoms with Crippen molar-refractivity contribution in [2.24, 2.45) is 27.1 Å². The summed E-state index contributed by atoms with van der Waals surface area (Å²) in [5.41, 5.74) is -1.49. The minimum Gasteiger partial charge on any atom is -0.469 e. The fourth-order valence-corrected chi connectivity index (χ4v) is 35.9. The quantitative estimate of drug-likeness (QED) is 0.0183. The van der Waals surface area contributed by atoms with Crippen molar-refractivity contribution in [2.45, 2.75) is 293 Å². The third-order valence-electron chi connectivity index (χ3n) is 13.7. The van der Waals surface area contributed by atoms with E-state index in [0.717, 1.165) is 19.3 Å². The molecule has 0 aromatic rings. The molecule has 0 rings (SSSR count). The van der Waals surface area contributed by atoms with Gasteiger partial charge in [0, 0.05) is 23.2 Å². The van der Waals surface area contributed by atoms with E-state index in [0.29, 0.717) is 62.1 Å². The maximum absolute atomic E-state index is 12.2. The molecule has 0 N–H and O–H groups in total. The minimum atomic E-state index is -2.83. The van der Waals surface area contributed by atoms with Gasteiger partial charge < -0.3 is 57.8 Å². The van der Waals surface area contributed by atoms with Gasteiger partial charge in [0.25, 0.3) is 0 Å². The molecule has 0 atom stereocenters. The predicted octanol–water partition coefficient (Wildman–Crippen LogP) is 17.5. The lowest BCUT2D eigenvalue weighted by molar-refractivity contribution is -0.158. The molecule has 562 valence electrons. The lowest BCUT2D eigenvalue weighted by Crippen LogP contribution is -2.60. The molecule has 0 aliphatic rings. The van der Waals surface area contributed by atoms with Crippen LogP contribution in [0.25, 0.3) is 0 Å². The Morgan fingerprint density at radius 2 is 0.463 bits per heavy atom. The Bertz CT molecular complexity index is 2110. The Morgan fingerprint density at radius 3 is 0.611 bits per heavy atom. The SMILES string of the molecule is C=C(C)C(=O)OCCOC(=O)C(C)(C)CC.C=C(C)C(=O)OCCOC(=O)C(C)(C)CC.CCC(C)(C)C(=O)OC.CCC(C)(C)C(=O)OCCC[Si](O[Si](C)(C)C)(O[Si](C)(C)C)O[Si](C)(C)C.CCC(C)(C)C(=O)OCCC[Si](O[Si](C)(C)C)(O[Si](C)(C)C)O[Si](C)(C)C. The summed E-state index contributed by atoms with van der Waals surface area (Å²) in [5.74, 6) is -1.90. The molecule has 0 aromatic heterocycles. The van der Waals surface area contributed by atoms with E-state index < -0.39 is 101 Å². The van der Waals surface area contributed by atoms with Crippen molar-refractivity contribution >= 4 is 109 Å². The Balaban J connectivity index is -0.000000371. The molecule has 20 nitrogen and oxygen atoms in total. The number of ether oxygens (including phenoxy) is 7. The number of rotatable bonds is 38. The van der Waals surface area contributed by atoms with Gasteiger partial charge in [0.15, 0.2) is 49.9 Å². The first-order chi connectivity index (χ1) is 42.3. The number of hydrogen-bond donors (Lipinski definition) is 0. The van der Waals surface area contributed by atoms with Gasteiger partial charge >= 0.3 is 59.4 Å². The Kier molecular flexibility index (Phi) is 46.6. The molecule has 0 saturated carbocycles. The highest BCUT2D eigenvalue weighted by atomic mass is 28.5. The fourth-order valence-electron chi connectivity index (χ4n) is 6.70. The molecule has 0 fully saturated rings. The topological polar surface area (TPSA) is 239 Å². The second-order valence-electron chi connectivity index (χ2n) is 32.9. The third kappa shape index (κ3) is 52.0. The van der Waals surface area contributed by atoms with E-state index in [2.05, 4.69) is 136 Å². The van der Waals surface area contributed by atoms with Crippen LogP contribution in [0, 0.1) is 27.1 Å². The summed E-state index contributed by atoms with van der Waals surface area (Å²) in [6, 6.07) is 1.40. The van der Waals surface area contributed by atoms with Crippen molar-refractivity contribution in [2.75, 3.05) is 46.8 Å². The lowest BCUT2D eigenvalue weighted by Gasteiger charge is -2.43. The van der Waals surface area contributed by atoms with Crippen molar-refractivity contribution < 1.29 is 91.4 Å². The first-order valence-electron chi connectivity index (χ1n) is 33.9. The number of hydrogen-bond acceptors (Lipinski definition) is 20. The summed E-state index contributed by atoms with van der Waals surface area (Å²) in [6.45, 7) is 78.8. The molecule has 0 spiro atoms. The van der Waals surface area contributed by atoms with Crippen LogP contribution in [-0.2, 0) is 91.4 Å². The zero-order valence-electron chi connectivity index (χ0n) is 67.2. The first-order valence-corrected chi connectivity index (χ1v) is 58.2. The largest absolute Gasteiger partial charge is 0.469 e. The predicted molar refractivity (Wildman–Crippen MR) is 405 cm³/mol. The van der Waals surface area contributed by atoms with Crippen LogP contribution in [0.3, 0.4) is 0 Å². The monoisotopic (exact) mass is 1490 g/mol.